The van der Waals surface area contributed by atoms with Gasteiger partial charge >= 0.3 is 6.18 Å². The van der Waals surface area contributed by atoms with Gasteiger partial charge in [-0.1, -0.05) is 26.0 Å². The first-order chi connectivity index (χ1) is 12.2. The van der Waals surface area contributed by atoms with E-state index in [4.69, 9.17) is 10.5 Å². The normalized spacial score (nSPS) is 14.6. The molecule has 156 valence electrons. The standard InChI is InChI=1S/C18H29F3N4O.HI/c1-5-25(6-2)16(11-23-17(22)24-13(3)12-26-4)14-7-9-15(10-8-14)18(19,20)21;/h7-10,13,16H,5-6,11-12H2,1-4H3,(H3,22,23,24);1H. The van der Waals surface area contributed by atoms with Crippen LogP contribution >= 0.6 is 24.0 Å². The summed E-state index contributed by atoms with van der Waals surface area (Å²) in [7, 11) is 1.60. The Morgan fingerprint density at radius 2 is 1.78 bits per heavy atom. The first-order valence-electron chi connectivity index (χ1n) is 8.69. The van der Waals surface area contributed by atoms with Gasteiger partial charge in [0.2, 0.25) is 0 Å². The lowest BCUT2D eigenvalue weighted by Crippen LogP contribution is -2.41. The molecule has 0 heterocycles. The molecule has 1 rings (SSSR count). The van der Waals surface area contributed by atoms with Crippen molar-refractivity contribution in [1.82, 2.24) is 10.2 Å². The highest BCUT2D eigenvalue weighted by Gasteiger charge is 2.30. The van der Waals surface area contributed by atoms with E-state index in [1.807, 2.05) is 20.8 Å². The maximum Gasteiger partial charge on any atom is 0.416 e. The lowest BCUT2D eigenvalue weighted by Gasteiger charge is -2.29. The smallest absolute Gasteiger partial charge is 0.383 e. The van der Waals surface area contributed by atoms with Crippen molar-refractivity contribution in [3.63, 3.8) is 0 Å². The van der Waals surface area contributed by atoms with E-state index in [9.17, 15) is 13.2 Å². The molecule has 0 radical (unpaired) electrons. The van der Waals surface area contributed by atoms with Crippen LogP contribution in [0.25, 0.3) is 0 Å². The molecule has 1 aromatic carbocycles. The van der Waals surface area contributed by atoms with E-state index in [1.165, 1.54) is 12.1 Å². The van der Waals surface area contributed by atoms with Crippen LogP contribution in [0.4, 0.5) is 13.2 Å². The number of rotatable bonds is 9. The predicted molar refractivity (Wildman–Crippen MR) is 113 cm³/mol. The van der Waals surface area contributed by atoms with Crippen LogP contribution < -0.4 is 11.1 Å². The predicted octanol–water partition coefficient (Wildman–Crippen LogP) is 3.65. The monoisotopic (exact) mass is 502 g/mol. The molecule has 27 heavy (non-hydrogen) atoms. The highest BCUT2D eigenvalue weighted by atomic mass is 127. The summed E-state index contributed by atoms with van der Waals surface area (Å²) < 4.78 is 43.4. The van der Waals surface area contributed by atoms with Crippen molar-refractivity contribution in [3.05, 3.63) is 35.4 Å². The summed E-state index contributed by atoms with van der Waals surface area (Å²) in [6.07, 6.45) is -4.34. The molecule has 0 aliphatic rings. The number of hydrogen-bond donors (Lipinski definition) is 2. The summed E-state index contributed by atoms with van der Waals surface area (Å²) in [5.41, 5.74) is 6.04. The number of guanidine groups is 1. The summed E-state index contributed by atoms with van der Waals surface area (Å²) in [6.45, 7) is 8.29. The molecular weight excluding hydrogens is 472 g/mol. The van der Waals surface area contributed by atoms with Gasteiger partial charge in [-0.15, -0.1) is 24.0 Å². The van der Waals surface area contributed by atoms with Crippen LogP contribution in [0.5, 0.6) is 0 Å². The minimum Gasteiger partial charge on any atom is -0.383 e. The molecule has 0 fully saturated rings. The highest BCUT2D eigenvalue weighted by Crippen LogP contribution is 2.31. The summed E-state index contributed by atoms with van der Waals surface area (Å²) in [5, 5.41) is 3.03. The molecule has 0 saturated heterocycles. The van der Waals surface area contributed by atoms with Gasteiger partial charge in [0.1, 0.15) is 0 Å². The molecule has 0 aromatic heterocycles. The SMILES string of the molecule is CCN(CC)C(CN=C(N)NC(C)COC)c1ccc(C(F)(F)F)cc1.I. The Labute approximate surface area is 176 Å². The van der Waals surface area contributed by atoms with Crippen LogP contribution in [0.1, 0.15) is 37.9 Å². The zero-order chi connectivity index (χ0) is 19.7. The Morgan fingerprint density at radius 1 is 1.22 bits per heavy atom. The van der Waals surface area contributed by atoms with Gasteiger partial charge in [0.25, 0.3) is 0 Å². The van der Waals surface area contributed by atoms with Crippen molar-refractivity contribution in [3.8, 4) is 0 Å². The molecule has 0 saturated carbocycles. The summed E-state index contributed by atoms with van der Waals surface area (Å²) in [4.78, 5) is 6.51. The number of aliphatic imine (C=N–C) groups is 1. The van der Waals surface area contributed by atoms with Crippen molar-refractivity contribution >= 4 is 29.9 Å². The Bertz CT molecular complexity index is 563. The number of nitrogens with one attached hydrogen (secondary N) is 1. The number of halogens is 4. The lowest BCUT2D eigenvalue weighted by atomic mass is 10.0. The molecule has 0 spiro atoms. The maximum absolute atomic E-state index is 12.8. The van der Waals surface area contributed by atoms with Gasteiger partial charge in [-0.05, 0) is 37.7 Å². The largest absolute Gasteiger partial charge is 0.416 e. The van der Waals surface area contributed by atoms with Gasteiger partial charge in [0.05, 0.1) is 24.8 Å². The zero-order valence-corrected chi connectivity index (χ0v) is 18.5. The topological polar surface area (TPSA) is 62.9 Å². The van der Waals surface area contributed by atoms with Gasteiger partial charge in [0.15, 0.2) is 5.96 Å². The van der Waals surface area contributed by atoms with Crippen LogP contribution in [0.3, 0.4) is 0 Å². The van der Waals surface area contributed by atoms with E-state index in [2.05, 4.69) is 15.2 Å². The Morgan fingerprint density at radius 3 is 2.22 bits per heavy atom. The number of alkyl halides is 3. The van der Waals surface area contributed by atoms with E-state index < -0.39 is 11.7 Å². The number of nitrogens with zero attached hydrogens (tertiary/aromatic N) is 2. The minimum atomic E-state index is -4.34. The fraction of sp³-hybridized carbons (Fsp3) is 0.611. The average molecular weight is 502 g/mol. The third-order valence-corrected chi connectivity index (χ3v) is 4.12. The van der Waals surface area contributed by atoms with Gasteiger partial charge in [0, 0.05) is 13.2 Å². The highest BCUT2D eigenvalue weighted by molar-refractivity contribution is 14.0. The molecule has 2 unspecified atom stereocenters. The summed E-state index contributed by atoms with van der Waals surface area (Å²) in [6, 6.07) is 5.11. The van der Waals surface area contributed by atoms with Gasteiger partial charge in [-0.2, -0.15) is 13.2 Å². The third kappa shape index (κ3) is 8.65. The van der Waals surface area contributed by atoms with E-state index in [-0.39, 0.29) is 36.1 Å². The van der Waals surface area contributed by atoms with Crippen molar-refractivity contribution in [2.45, 2.75) is 39.0 Å². The molecule has 1 aromatic rings. The maximum atomic E-state index is 12.8. The van der Waals surface area contributed by atoms with E-state index >= 15 is 0 Å². The molecule has 0 amide bonds. The molecule has 0 aliphatic carbocycles. The number of likely N-dealkylation sites (N-methyl/N-ethyl adjacent to an activating group) is 1. The Balaban J connectivity index is 0.00000676. The second-order valence-electron chi connectivity index (χ2n) is 6.08. The van der Waals surface area contributed by atoms with Gasteiger partial charge < -0.3 is 15.8 Å². The Kier molecular flexibility index (Phi) is 11.9. The Hall–Kier alpha value is -1.07. The van der Waals surface area contributed by atoms with Crippen molar-refractivity contribution < 1.29 is 17.9 Å². The quantitative estimate of drug-likeness (QED) is 0.308. The van der Waals surface area contributed by atoms with Crippen LogP contribution in [0.15, 0.2) is 29.3 Å². The van der Waals surface area contributed by atoms with Crippen molar-refractivity contribution in [2.75, 3.05) is 33.4 Å². The molecular formula is C18H30F3IN4O. The second-order valence-corrected chi connectivity index (χ2v) is 6.08. The number of methoxy groups -OCH3 is 1. The number of hydrogen-bond acceptors (Lipinski definition) is 3. The third-order valence-electron chi connectivity index (χ3n) is 4.12. The lowest BCUT2D eigenvalue weighted by molar-refractivity contribution is -0.137. The molecule has 5 nitrogen and oxygen atoms in total. The van der Waals surface area contributed by atoms with E-state index in [0.717, 1.165) is 30.8 Å². The number of ether oxygens (including phenoxy) is 1. The summed E-state index contributed by atoms with van der Waals surface area (Å²) in [5.74, 6) is 0.290. The average Bonchev–Trinajstić information content (AvgIpc) is 2.58. The van der Waals surface area contributed by atoms with Crippen LogP contribution in [0.2, 0.25) is 0 Å². The number of nitrogens with two attached hydrogens (primary N) is 1. The van der Waals surface area contributed by atoms with Gasteiger partial charge in [-0.3, -0.25) is 9.89 Å². The van der Waals surface area contributed by atoms with Crippen molar-refractivity contribution in [2.24, 2.45) is 10.7 Å². The van der Waals surface area contributed by atoms with E-state index in [1.54, 1.807) is 7.11 Å². The minimum absolute atomic E-state index is 0. The molecule has 3 N–H and O–H groups in total. The van der Waals surface area contributed by atoms with E-state index in [0.29, 0.717) is 19.1 Å². The fourth-order valence-corrected chi connectivity index (χ4v) is 2.76. The van der Waals surface area contributed by atoms with Crippen LogP contribution in [-0.2, 0) is 10.9 Å². The van der Waals surface area contributed by atoms with Crippen LogP contribution in [0, 0.1) is 0 Å². The first-order valence-corrected chi connectivity index (χ1v) is 8.69. The molecule has 2 atom stereocenters. The molecule has 0 aliphatic heterocycles. The molecule has 0 bridgehead atoms. The zero-order valence-electron chi connectivity index (χ0n) is 16.2. The second kappa shape index (κ2) is 12.4. The van der Waals surface area contributed by atoms with Gasteiger partial charge in [-0.25, -0.2) is 0 Å². The van der Waals surface area contributed by atoms with Crippen molar-refractivity contribution in [1.29, 1.82) is 0 Å². The first kappa shape index (κ1) is 25.9. The van der Waals surface area contributed by atoms with Crippen LogP contribution in [-0.4, -0.2) is 50.3 Å². The molecule has 9 heteroatoms. The number of benzene rings is 1. The summed E-state index contributed by atoms with van der Waals surface area (Å²) >= 11 is 0. The fourth-order valence-electron chi connectivity index (χ4n) is 2.76.